The Balaban J connectivity index is 1.15. The number of aromatic nitrogens is 3. The van der Waals surface area contributed by atoms with Crippen molar-refractivity contribution in [3.05, 3.63) is 59.0 Å². The Morgan fingerprint density at radius 2 is 1.82 bits per heavy atom. The number of pyridine rings is 1. The van der Waals surface area contributed by atoms with Crippen molar-refractivity contribution in [2.75, 3.05) is 43.4 Å². The Morgan fingerprint density at radius 3 is 2.60 bits per heavy atom. The van der Waals surface area contributed by atoms with E-state index in [4.69, 9.17) is 16.3 Å². The number of nitriles is 1. The van der Waals surface area contributed by atoms with E-state index in [1.165, 1.54) is 6.20 Å². The molecular formula is C28H27ClN8O3. The molecule has 3 aliphatic rings. The van der Waals surface area contributed by atoms with Crippen molar-refractivity contribution < 1.29 is 14.3 Å². The number of nitrogens with one attached hydrogen (secondary N) is 2. The first-order valence-electron chi connectivity index (χ1n) is 13.2. The minimum atomic E-state index is -0.834. The van der Waals surface area contributed by atoms with Gasteiger partial charge in [0.2, 0.25) is 11.9 Å². The fraction of sp³-hybridized carbons (Fsp3) is 0.357. The summed E-state index contributed by atoms with van der Waals surface area (Å²) in [4.78, 5) is 42.1. The first kappa shape index (κ1) is 25.8. The zero-order valence-electron chi connectivity index (χ0n) is 21.7. The van der Waals surface area contributed by atoms with Crippen LogP contribution in [0.5, 0.6) is 5.75 Å². The topological polar surface area (TPSA) is 136 Å². The van der Waals surface area contributed by atoms with Gasteiger partial charge in [-0.3, -0.25) is 14.6 Å². The molecule has 1 saturated carbocycles. The van der Waals surface area contributed by atoms with Crippen LogP contribution in [0.3, 0.4) is 0 Å². The molecule has 4 heterocycles. The van der Waals surface area contributed by atoms with Gasteiger partial charge in [0.25, 0.3) is 5.91 Å². The minimum absolute atomic E-state index is 0.108. The molecular weight excluding hydrogens is 532 g/mol. The normalized spacial score (nSPS) is 17.1. The number of anilines is 4. The summed E-state index contributed by atoms with van der Waals surface area (Å²) < 4.78 is 6.04. The number of amides is 2. The third kappa shape index (κ3) is 5.35. The van der Waals surface area contributed by atoms with Gasteiger partial charge >= 0.3 is 0 Å². The van der Waals surface area contributed by atoms with Gasteiger partial charge in [0.1, 0.15) is 16.2 Å². The molecule has 2 amide bonds. The van der Waals surface area contributed by atoms with Crippen LogP contribution in [-0.4, -0.2) is 69.4 Å². The van der Waals surface area contributed by atoms with Gasteiger partial charge < -0.3 is 25.2 Å². The van der Waals surface area contributed by atoms with E-state index in [0.717, 1.165) is 22.5 Å². The highest BCUT2D eigenvalue weighted by Gasteiger charge is 2.52. The van der Waals surface area contributed by atoms with Crippen LogP contribution in [0.1, 0.15) is 24.0 Å². The number of nitrogens with zero attached hydrogens (tertiary/aromatic N) is 6. The second kappa shape index (κ2) is 10.6. The van der Waals surface area contributed by atoms with Crippen LogP contribution in [0, 0.1) is 16.7 Å². The molecule has 12 heteroatoms. The molecule has 0 unspecified atom stereocenters. The van der Waals surface area contributed by atoms with Gasteiger partial charge in [0.15, 0.2) is 12.4 Å². The Hall–Kier alpha value is -4.43. The molecule has 1 aliphatic carbocycles. The second-order valence-electron chi connectivity index (χ2n) is 10.2. The fourth-order valence-corrected chi connectivity index (χ4v) is 5.08. The van der Waals surface area contributed by atoms with Crippen LogP contribution in [0.15, 0.2) is 42.9 Å². The molecule has 2 N–H and O–H groups in total. The maximum Gasteiger partial charge on any atom is 0.260 e. The first-order valence-corrected chi connectivity index (χ1v) is 13.5. The molecule has 11 nitrogen and oxygen atoms in total. The Bertz CT molecular complexity index is 1510. The summed E-state index contributed by atoms with van der Waals surface area (Å²) in [6.07, 6.45) is 7.66. The number of carbonyl (C=O) groups is 2. The number of ether oxygens (including phenoxy) is 1. The first-order chi connectivity index (χ1) is 19.4. The number of aryl methyl sites for hydroxylation is 2. The van der Waals surface area contributed by atoms with Gasteiger partial charge in [0.05, 0.1) is 24.2 Å². The predicted octanol–water partition coefficient (Wildman–Crippen LogP) is 3.46. The van der Waals surface area contributed by atoms with Gasteiger partial charge in [-0.25, -0.2) is 4.98 Å². The summed E-state index contributed by atoms with van der Waals surface area (Å²) in [5, 5.41) is 16.1. The molecule has 0 spiro atoms. The van der Waals surface area contributed by atoms with Crippen molar-refractivity contribution in [1.82, 2.24) is 24.8 Å². The number of fused-ring (bicyclic) bond motifs is 6. The smallest absolute Gasteiger partial charge is 0.260 e. The number of rotatable bonds is 4. The monoisotopic (exact) mass is 558 g/mol. The van der Waals surface area contributed by atoms with Gasteiger partial charge in [-0.15, -0.1) is 0 Å². The lowest BCUT2D eigenvalue weighted by molar-refractivity contribution is -0.142. The third-order valence-electron chi connectivity index (χ3n) is 7.45. The Labute approximate surface area is 236 Å². The van der Waals surface area contributed by atoms with E-state index in [0.29, 0.717) is 74.4 Å². The summed E-state index contributed by atoms with van der Waals surface area (Å²) in [7, 11) is 0. The Kier molecular flexibility index (Phi) is 6.86. The SMILES string of the molecule is N#CC1(C(=O)N2CCN(C(=O)COc3ccc4cc3CCc3cncc(c3)Nc3ncc(Cl)c(n3)N4)CC2)CC1. The largest absolute Gasteiger partial charge is 0.483 e. The zero-order valence-corrected chi connectivity index (χ0v) is 22.4. The van der Waals surface area contributed by atoms with Crippen LogP contribution in [0.2, 0.25) is 5.02 Å². The van der Waals surface area contributed by atoms with Gasteiger partial charge in [-0.1, -0.05) is 11.6 Å². The highest BCUT2D eigenvalue weighted by molar-refractivity contribution is 6.32. The molecule has 3 aromatic rings. The van der Waals surface area contributed by atoms with Crippen LogP contribution in [0.4, 0.5) is 23.1 Å². The number of benzene rings is 1. The molecule has 0 atom stereocenters. The molecule has 1 saturated heterocycles. The number of carbonyl (C=O) groups excluding carboxylic acids is 2. The lowest BCUT2D eigenvalue weighted by Gasteiger charge is -2.35. The average molecular weight is 559 g/mol. The number of piperazine rings is 1. The standard InChI is InChI=1S/C28H27ClN8O3/c29-22-15-32-27-34-21-11-18(13-31-14-21)1-2-19-12-20(33-25(22)35-27)3-4-23(19)40-16-24(38)36-7-9-37(10-8-36)26(39)28(17-30)5-6-28/h3-4,11-15H,1-2,5-10,16H2,(H2,32,33,34,35). The number of halogens is 1. The second-order valence-corrected chi connectivity index (χ2v) is 10.6. The summed E-state index contributed by atoms with van der Waals surface area (Å²) in [5.41, 5.74) is 2.65. The molecule has 6 bridgehead atoms. The molecule has 1 aromatic carbocycles. The van der Waals surface area contributed by atoms with Gasteiger partial charge in [-0.05, 0) is 61.1 Å². The lowest BCUT2D eigenvalue weighted by Crippen LogP contribution is -2.53. The van der Waals surface area contributed by atoms with E-state index < -0.39 is 5.41 Å². The summed E-state index contributed by atoms with van der Waals surface area (Å²) in [5.74, 6) is 1.21. The predicted molar refractivity (Wildman–Crippen MR) is 148 cm³/mol. The summed E-state index contributed by atoms with van der Waals surface area (Å²) in [6, 6.07) is 9.80. The van der Waals surface area contributed by atoms with Crippen molar-refractivity contribution in [1.29, 1.82) is 5.26 Å². The molecule has 6 rings (SSSR count). The molecule has 40 heavy (non-hydrogen) atoms. The maximum absolute atomic E-state index is 13.0. The van der Waals surface area contributed by atoms with E-state index in [1.54, 1.807) is 16.0 Å². The quantitative estimate of drug-likeness (QED) is 0.493. The molecule has 2 fully saturated rings. The Morgan fingerprint density at radius 1 is 1.02 bits per heavy atom. The van der Waals surface area contributed by atoms with Crippen LogP contribution >= 0.6 is 11.6 Å². The third-order valence-corrected chi connectivity index (χ3v) is 7.72. The number of hydrogen-bond acceptors (Lipinski definition) is 9. The lowest BCUT2D eigenvalue weighted by atomic mass is 10.0. The zero-order chi connectivity index (χ0) is 27.7. The minimum Gasteiger partial charge on any atom is -0.483 e. The van der Waals surface area contributed by atoms with E-state index in [2.05, 4.69) is 31.7 Å². The van der Waals surface area contributed by atoms with Crippen molar-refractivity contribution in [2.24, 2.45) is 5.41 Å². The van der Waals surface area contributed by atoms with Crippen molar-refractivity contribution >= 4 is 46.6 Å². The highest BCUT2D eigenvalue weighted by atomic mass is 35.5. The molecule has 2 aliphatic heterocycles. The van der Waals surface area contributed by atoms with Crippen molar-refractivity contribution in [2.45, 2.75) is 25.7 Å². The van der Waals surface area contributed by atoms with E-state index in [-0.39, 0.29) is 18.4 Å². The van der Waals surface area contributed by atoms with Crippen LogP contribution < -0.4 is 15.4 Å². The van der Waals surface area contributed by atoms with Gasteiger partial charge in [-0.2, -0.15) is 10.2 Å². The molecule has 204 valence electrons. The summed E-state index contributed by atoms with van der Waals surface area (Å²) in [6.45, 7) is 1.58. The van der Waals surface area contributed by atoms with Gasteiger partial charge in [0, 0.05) is 38.1 Å². The average Bonchev–Trinajstić information content (AvgIpc) is 3.78. The fourth-order valence-electron chi connectivity index (χ4n) is 4.94. The molecule has 0 radical (unpaired) electrons. The van der Waals surface area contributed by atoms with Crippen molar-refractivity contribution in [3.8, 4) is 11.8 Å². The van der Waals surface area contributed by atoms with E-state index >= 15 is 0 Å². The van der Waals surface area contributed by atoms with Crippen LogP contribution in [-0.2, 0) is 22.4 Å². The highest BCUT2D eigenvalue weighted by Crippen LogP contribution is 2.46. The maximum atomic E-state index is 13.0. The van der Waals surface area contributed by atoms with Crippen molar-refractivity contribution in [3.63, 3.8) is 0 Å². The van der Waals surface area contributed by atoms with E-state index in [9.17, 15) is 14.9 Å². The van der Waals surface area contributed by atoms with E-state index in [1.807, 2.05) is 30.5 Å². The van der Waals surface area contributed by atoms with Crippen LogP contribution in [0.25, 0.3) is 0 Å². The summed E-state index contributed by atoms with van der Waals surface area (Å²) >= 11 is 6.35. The molecule has 2 aromatic heterocycles. The number of hydrogen-bond donors (Lipinski definition) is 2.